The number of hydrogen-bond donors (Lipinski definition) is 1. The van der Waals surface area contributed by atoms with E-state index in [9.17, 15) is 14.4 Å². The van der Waals surface area contributed by atoms with E-state index in [1.54, 1.807) is 12.3 Å². The number of benzene rings is 1. The van der Waals surface area contributed by atoms with Crippen molar-refractivity contribution in [3.8, 4) is 11.1 Å². The molecule has 1 unspecified atom stereocenters. The number of carbonyl (C=O) groups excluding carboxylic acids is 3. The largest absolute Gasteiger partial charge is 0.462 e. The zero-order valence-corrected chi connectivity index (χ0v) is 16.0. The van der Waals surface area contributed by atoms with Gasteiger partial charge in [-0.2, -0.15) is 0 Å². The highest BCUT2D eigenvalue weighted by Crippen LogP contribution is 2.36. The number of nitrogens with one attached hydrogen (secondary N) is 1. The number of hydrogen-bond acceptors (Lipinski definition) is 6. The number of thiophene rings is 1. The highest BCUT2D eigenvalue weighted by molar-refractivity contribution is 7.15. The Morgan fingerprint density at radius 2 is 1.93 bits per heavy atom. The van der Waals surface area contributed by atoms with Gasteiger partial charge < -0.3 is 14.8 Å². The van der Waals surface area contributed by atoms with Crippen molar-refractivity contribution in [2.45, 2.75) is 32.8 Å². The first-order chi connectivity index (χ1) is 13.0. The molecule has 1 saturated carbocycles. The van der Waals surface area contributed by atoms with Gasteiger partial charge in [-0.3, -0.25) is 9.59 Å². The normalized spacial score (nSPS) is 14.3. The van der Waals surface area contributed by atoms with Crippen LogP contribution in [0.25, 0.3) is 11.1 Å². The van der Waals surface area contributed by atoms with Crippen LogP contribution in [0.15, 0.2) is 35.7 Å². The molecule has 1 aromatic heterocycles. The highest BCUT2D eigenvalue weighted by atomic mass is 32.1. The van der Waals surface area contributed by atoms with Gasteiger partial charge in [0.15, 0.2) is 6.10 Å². The monoisotopic (exact) mass is 387 g/mol. The van der Waals surface area contributed by atoms with Crippen LogP contribution >= 0.6 is 11.3 Å². The number of anilines is 1. The fourth-order valence-electron chi connectivity index (χ4n) is 2.54. The third kappa shape index (κ3) is 4.54. The Morgan fingerprint density at radius 1 is 1.22 bits per heavy atom. The summed E-state index contributed by atoms with van der Waals surface area (Å²) in [4.78, 5) is 36.7. The summed E-state index contributed by atoms with van der Waals surface area (Å²) in [5.41, 5.74) is 1.85. The Balaban J connectivity index is 1.81. The molecule has 0 bridgehead atoms. The molecule has 27 heavy (non-hydrogen) atoms. The van der Waals surface area contributed by atoms with Crippen molar-refractivity contribution in [2.75, 3.05) is 11.9 Å². The van der Waals surface area contributed by atoms with Crippen LogP contribution in [0.2, 0.25) is 0 Å². The molecule has 1 N–H and O–H groups in total. The molecule has 6 nitrogen and oxygen atoms in total. The smallest absolute Gasteiger partial charge is 0.341 e. The Bertz CT molecular complexity index is 841. The average molecular weight is 387 g/mol. The van der Waals surface area contributed by atoms with Gasteiger partial charge in [0.05, 0.1) is 12.5 Å². The van der Waals surface area contributed by atoms with Crippen LogP contribution in [0.1, 0.15) is 37.0 Å². The maximum atomic E-state index is 12.5. The number of rotatable bonds is 7. The molecular weight excluding hydrogens is 366 g/mol. The molecule has 2 aromatic rings. The molecule has 0 aliphatic heterocycles. The molecule has 0 radical (unpaired) electrons. The second-order valence-electron chi connectivity index (χ2n) is 6.28. The first kappa shape index (κ1) is 19.1. The molecule has 1 aromatic carbocycles. The molecule has 0 saturated heterocycles. The van der Waals surface area contributed by atoms with Crippen molar-refractivity contribution >= 4 is 34.2 Å². The first-order valence-corrected chi connectivity index (χ1v) is 9.74. The van der Waals surface area contributed by atoms with E-state index in [-0.39, 0.29) is 18.5 Å². The third-order valence-corrected chi connectivity index (χ3v) is 5.06. The molecular formula is C20H21NO5S. The van der Waals surface area contributed by atoms with Crippen LogP contribution in [0.4, 0.5) is 5.00 Å². The molecule has 7 heteroatoms. The molecule has 3 rings (SSSR count). The summed E-state index contributed by atoms with van der Waals surface area (Å²) >= 11 is 1.24. The predicted molar refractivity (Wildman–Crippen MR) is 103 cm³/mol. The van der Waals surface area contributed by atoms with Crippen molar-refractivity contribution in [1.82, 2.24) is 0 Å². The Kier molecular flexibility index (Phi) is 5.91. The lowest BCUT2D eigenvalue weighted by atomic mass is 10.0. The lowest BCUT2D eigenvalue weighted by Crippen LogP contribution is -2.30. The Labute approximate surface area is 161 Å². The topological polar surface area (TPSA) is 81.7 Å². The van der Waals surface area contributed by atoms with Gasteiger partial charge in [0.2, 0.25) is 0 Å². The molecule has 1 amide bonds. The van der Waals surface area contributed by atoms with Gasteiger partial charge in [-0.1, -0.05) is 30.3 Å². The number of esters is 2. The van der Waals surface area contributed by atoms with E-state index in [1.807, 2.05) is 30.3 Å². The van der Waals surface area contributed by atoms with E-state index in [1.165, 1.54) is 18.3 Å². The summed E-state index contributed by atoms with van der Waals surface area (Å²) in [6, 6.07) is 9.41. The fraction of sp³-hybridized carbons (Fsp3) is 0.350. The van der Waals surface area contributed by atoms with Gasteiger partial charge in [0.25, 0.3) is 5.91 Å². The molecule has 1 aliphatic rings. The SMILES string of the molecule is CCOC(=O)c1c(-c2ccccc2)csc1NC(=O)C(C)OC(=O)C1CC1. The van der Waals surface area contributed by atoms with E-state index in [0.717, 1.165) is 18.4 Å². The second-order valence-corrected chi connectivity index (χ2v) is 7.16. The highest BCUT2D eigenvalue weighted by Gasteiger charge is 2.33. The van der Waals surface area contributed by atoms with Crippen molar-refractivity contribution in [3.63, 3.8) is 0 Å². The van der Waals surface area contributed by atoms with Crippen LogP contribution in [-0.2, 0) is 19.1 Å². The van der Waals surface area contributed by atoms with Crippen LogP contribution in [-0.4, -0.2) is 30.6 Å². The molecule has 1 fully saturated rings. The molecule has 142 valence electrons. The molecule has 1 atom stereocenters. The maximum absolute atomic E-state index is 12.5. The van der Waals surface area contributed by atoms with Crippen molar-refractivity contribution in [2.24, 2.45) is 5.92 Å². The van der Waals surface area contributed by atoms with Crippen molar-refractivity contribution in [1.29, 1.82) is 0 Å². The molecule has 1 heterocycles. The van der Waals surface area contributed by atoms with E-state index in [4.69, 9.17) is 9.47 Å². The van der Waals surface area contributed by atoms with Crippen LogP contribution in [0.3, 0.4) is 0 Å². The Hall–Kier alpha value is -2.67. The zero-order valence-electron chi connectivity index (χ0n) is 15.2. The van der Waals surface area contributed by atoms with Crippen molar-refractivity contribution in [3.05, 3.63) is 41.3 Å². The molecule has 0 spiro atoms. The number of ether oxygens (including phenoxy) is 2. The zero-order chi connectivity index (χ0) is 19.4. The predicted octanol–water partition coefficient (Wildman–Crippen LogP) is 3.87. The summed E-state index contributed by atoms with van der Waals surface area (Å²) in [5, 5.41) is 4.89. The van der Waals surface area contributed by atoms with E-state index in [0.29, 0.717) is 16.1 Å². The van der Waals surface area contributed by atoms with E-state index < -0.39 is 18.0 Å². The third-order valence-electron chi connectivity index (χ3n) is 4.16. The standard InChI is InChI=1S/C20H21NO5S/c1-3-25-20(24)16-15(13-7-5-4-6-8-13)11-27-18(16)21-17(22)12(2)26-19(23)14-9-10-14/h4-8,11-12,14H,3,9-10H2,1-2H3,(H,21,22). The summed E-state index contributed by atoms with van der Waals surface area (Å²) in [6.45, 7) is 3.47. The summed E-state index contributed by atoms with van der Waals surface area (Å²) < 4.78 is 10.4. The minimum Gasteiger partial charge on any atom is -0.462 e. The first-order valence-electron chi connectivity index (χ1n) is 8.86. The van der Waals surface area contributed by atoms with Crippen LogP contribution < -0.4 is 5.32 Å². The minimum absolute atomic E-state index is 0.0817. The van der Waals surface area contributed by atoms with Crippen LogP contribution in [0.5, 0.6) is 0 Å². The van der Waals surface area contributed by atoms with Gasteiger partial charge in [0, 0.05) is 10.9 Å². The minimum atomic E-state index is -0.935. The summed E-state index contributed by atoms with van der Waals surface area (Å²) in [5.74, 6) is -1.41. The summed E-state index contributed by atoms with van der Waals surface area (Å²) in [7, 11) is 0. The van der Waals surface area contributed by atoms with Gasteiger partial charge in [-0.15, -0.1) is 11.3 Å². The van der Waals surface area contributed by atoms with Gasteiger partial charge in [-0.25, -0.2) is 4.79 Å². The van der Waals surface area contributed by atoms with E-state index in [2.05, 4.69) is 5.32 Å². The lowest BCUT2D eigenvalue weighted by molar-refractivity contribution is -0.154. The second kappa shape index (κ2) is 8.35. The summed E-state index contributed by atoms with van der Waals surface area (Å²) in [6.07, 6.45) is 0.687. The fourth-order valence-corrected chi connectivity index (χ4v) is 3.50. The van der Waals surface area contributed by atoms with E-state index >= 15 is 0 Å². The number of amides is 1. The maximum Gasteiger partial charge on any atom is 0.341 e. The average Bonchev–Trinajstić information content (AvgIpc) is 3.43. The Morgan fingerprint density at radius 3 is 2.56 bits per heavy atom. The molecule has 1 aliphatic carbocycles. The quantitative estimate of drug-likeness (QED) is 0.729. The van der Waals surface area contributed by atoms with Crippen LogP contribution in [0, 0.1) is 5.92 Å². The van der Waals surface area contributed by atoms with Crippen molar-refractivity contribution < 1.29 is 23.9 Å². The van der Waals surface area contributed by atoms with Gasteiger partial charge in [-0.05, 0) is 32.3 Å². The van der Waals surface area contributed by atoms with Gasteiger partial charge >= 0.3 is 11.9 Å². The van der Waals surface area contributed by atoms with Gasteiger partial charge in [0.1, 0.15) is 10.6 Å². The lowest BCUT2D eigenvalue weighted by Gasteiger charge is -2.14. The number of carbonyl (C=O) groups is 3.